The Bertz CT molecular complexity index is 207. The molecule has 0 aliphatic carbocycles. The van der Waals surface area contributed by atoms with Crippen molar-refractivity contribution in [1.82, 2.24) is 0 Å². The Morgan fingerprint density at radius 2 is 1.87 bits per heavy atom. The van der Waals surface area contributed by atoms with Crippen molar-refractivity contribution >= 4 is 5.90 Å². The van der Waals surface area contributed by atoms with Crippen LogP contribution in [0.5, 0.6) is 0 Å². The van der Waals surface area contributed by atoms with Gasteiger partial charge in [0.05, 0.1) is 5.54 Å². The topological polar surface area (TPSA) is 21.6 Å². The Kier molecular flexibility index (Phi) is 5.13. The molecule has 0 amide bonds. The fraction of sp³-hybridized carbons (Fsp3) is 0.923. The van der Waals surface area contributed by atoms with E-state index < -0.39 is 0 Å². The molecular formula is C13H25NO. The number of unbranched alkanes of at least 4 members (excludes halogenated alkanes) is 3. The standard InChI is InChI=1S/C13H25NO/c1-4-7-8-9-10-12-14-13(5-2,6-3)11-15-12/h4-11H2,1-3H3. The molecule has 0 fully saturated rings. The van der Waals surface area contributed by atoms with Crippen LogP contribution in [0, 0.1) is 0 Å². The van der Waals surface area contributed by atoms with Gasteiger partial charge < -0.3 is 4.74 Å². The largest absolute Gasteiger partial charge is 0.478 e. The van der Waals surface area contributed by atoms with E-state index in [4.69, 9.17) is 9.73 Å². The van der Waals surface area contributed by atoms with Crippen LogP contribution in [0.4, 0.5) is 0 Å². The maximum absolute atomic E-state index is 5.68. The van der Waals surface area contributed by atoms with Crippen molar-refractivity contribution < 1.29 is 4.74 Å². The maximum Gasteiger partial charge on any atom is 0.183 e. The van der Waals surface area contributed by atoms with Crippen LogP contribution < -0.4 is 0 Å². The molecule has 88 valence electrons. The smallest absolute Gasteiger partial charge is 0.183 e. The molecule has 0 aromatic carbocycles. The summed E-state index contributed by atoms with van der Waals surface area (Å²) in [6.45, 7) is 7.46. The molecule has 0 aromatic rings. The van der Waals surface area contributed by atoms with Crippen LogP contribution in [0.15, 0.2) is 4.99 Å². The predicted molar refractivity (Wildman–Crippen MR) is 65.5 cm³/mol. The van der Waals surface area contributed by atoms with Crippen molar-refractivity contribution in [2.24, 2.45) is 4.99 Å². The third-order valence-corrected chi connectivity index (χ3v) is 3.43. The lowest BCUT2D eigenvalue weighted by Crippen LogP contribution is -2.25. The van der Waals surface area contributed by atoms with E-state index in [1.165, 1.54) is 25.7 Å². The van der Waals surface area contributed by atoms with E-state index >= 15 is 0 Å². The van der Waals surface area contributed by atoms with Crippen LogP contribution in [0.2, 0.25) is 0 Å². The van der Waals surface area contributed by atoms with E-state index in [1.807, 2.05) is 0 Å². The van der Waals surface area contributed by atoms with E-state index in [-0.39, 0.29) is 5.54 Å². The fourth-order valence-electron chi connectivity index (χ4n) is 1.99. The van der Waals surface area contributed by atoms with Gasteiger partial charge in [-0.15, -0.1) is 0 Å². The van der Waals surface area contributed by atoms with Crippen molar-refractivity contribution in [3.8, 4) is 0 Å². The molecule has 15 heavy (non-hydrogen) atoms. The molecule has 1 aliphatic heterocycles. The zero-order valence-corrected chi connectivity index (χ0v) is 10.5. The number of rotatable bonds is 7. The van der Waals surface area contributed by atoms with Crippen LogP contribution >= 0.6 is 0 Å². The summed E-state index contributed by atoms with van der Waals surface area (Å²) in [5.41, 5.74) is 0.111. The Labute approximate surface area is 94.1 Å². The molecule has 0 spiro atoms. The average molecular weight is 211 g/mol. The van der Waals surface area contributed by atoms with Crippen molar-refractivity contribution in [2.45, 2.75) is 71.3 Å². The molecular weight excluding hydrogens is 186 g/mol. The summed E-state index contributed by atoms with van der Waals surface area (Å²) < 4.78 is 5.68. The first-order valence-electron chi connectivity index (χ1n) is 6.48. The van der Waals surface area contributed by atoms with E-state index in [9.17, 15) is 0 Å². The quantitative estimate of drug-likeness (QED) is 0.584. The molecule has 2 nitrogen and oxygen atoms in total. The molecule has 1 rings (SSSR count). The van der Waals surface area contributed by atoms with Gasteiger partial charge >= 0.3 is 0 Å². The first-order valence-corrected chi connectivity index (χ1v) is 6.48. The summed E-state index contributed by atoms with van der Waals surface area (Å²) in [6.07, 6.45) is 8.41. The van der Waals surface area contributed by atoms with E-state index in [1.54, 1.807) is 0 Å². The molecule has 2 heteroatoms. The van der Waals surface area contributed by atoms with Crippen molar-refractivity contribution in [1.29, 1.82) is 0 Å². The van der Waals surface area contributed by atoms with Gasteiger partial charge in [-0.25, -0.2) is 4.99 Å². The number of aliphatic imine (C=N–C) groups is 1. The highest BCUT2D eigenvalue weighted by molar-refractivity contribution is 5.78. The average Bonchev–Trinajstić information content (AvgIpc) is 2.69. The van der Waals surface area contributed by atoms with Crippen LogP contribution in [0.1, 0.15) is 65.7 Å². The second-order valence-electron chi connectivity index (χ2n) is 4.54. The Hall–Kier alpha value is -0.530. The zero-order valence-electron chi connectivity index (χ0n) is 10.5. The molecule has 0 aromatic heterocycles. The Balaban J connectivity index is 2.31. The summed E-state index contributed by atoms with van der Waals surface area (Å²) in [6, 6.07) is 0. The molecule has 0 N–H and O–H groups in total. The van der Waals surface area contributed by atoms with Crippen LogP contribution in [0.25, 0.3) is 0 Å². The molecule has 0 radical (unpaired) electrons. The minimum absolute atomic E-state index is 0.111. The van der Waals surface area contributed by atoms with Gasteiger partial charge in [-0.1, -0.05) is 40.0 Å². The SMILES string of the molecule is CCCCCCC1=NC(CC)(CC)CO1. The summed E-state index contributed by atoms with van der Waals surface area (Å²) in [4.78, 5) is 4.75. The highest BCUT2D eigenvalue weighted by atomic mass is 16.5. The number of hydrogen-bond donors (Lipinski definition) is 0. The first-order chi connectivity index (χ1) is 7.26. The minimum Gasteiger partial charge on any atom is -0.478 e. The van der Waals surface area contributed by atoms with Gasteiger partial charge in [0.25, 0.3) is 0 Å². The first kappa shape index (κ1) is 12.5. The van der Waals surface area contributed by atoms with Gasteiger partial charge in [0.2, 0.25) is 0 Å². The van der Waals surface area contributed by atoms with Crippen molar-refractivity contribution in [2.75, 3.05) is 6.61 Å². The lowest BCUT2D eigenvalue weighted by Gasteiger charge is -2.18. The molecule has 1 aliphatic rings. The lowest BCUT2D eigenvalue weighted by atomic mass is 9.96. The molecule has 0 saturated heterocycles. The Morgan fingerprint density at radius 3 is 2.40 bits per heavy atom. The third-order valence-electron chi connectivity index (χ3n) is 3.43. The van der Waals surface area contributed by atoms with Gasteiger partial charge in [0.15, 0.2) is 5.90 Å². The van der Waals surface area contributed by atoms with E-state index in [2.05, 4.69) is 20.8 Å². The lowest BCUT2D eigenvalue weighted by molar-refractivity contribution is 0.240. The van der Waals surface area contributed by atoms with Crippen LogP contribution in [-0.2, 0) is 4.74 Å². The van der Waals surface area contributed by atoms with Gasteiger partial charge in [-0.2, -0.15) is 0 Å². The van der Waals surface area contributed by atoms with Crippen LogP contribution in [-0.4, -0.2) is 18.0 Å². The minimum atomic E-state index is 0.111. The number of hydrogen-bond acceptors (Lipinski definition) is 2. The monoisotopic (exact) mass is 211 g/mol. The highest BCUT2D eigenvalue weighted by Gasteiger charge is 2.32. The number of ether oxygens (including phenoxy) is 1. The molecule has 1 heterocycles. The summed E-state index contributed by atoms with van der Waals surface area (Å²) in [7, 11) is 0. The number of nitrogens with zero attached hydrogens (tertiary/aromatic N) is 1. The normalized spacial score (nSPS) is 18.7. The van der Waals surface area contributed by atoms with Crippen molar-refractivity contribution in [3.63, 3.8) is 0 Å². The van der Waals surface area contributed by atoms with Gasteiger partial charge in [0, 0.05) is 6.42 Å². The van der Waals surface area contributed by atoms with Crippen molar-refractivity contribution in [3.05, 3.63) is 0 Å². The van der Waals surface area contributed by atoms with Gasteiger partial charge in [0.1, 0.15) is 6.61 Å². The molecule has 0 saturated carbocycles. The zero-order chi connectivity index (χ0) is 11.1. The summed E-state index contributed by atoms with van der Waals surface area (Å²) >= 11 is 0. The fourth-order valence-corrected chi connectivity index (χ4v) is 1.99. The van der Waals surface area contributed by atoms with Crippen LogP contribution in [0.3, 0.4) is 0 Å². The van der Waals surface area contributed by atoms with E-state index in [0.29, 0.717) is 0 Å². The second-order valence-corrected chi connectivity index (χ2v) is 4.54. The van der Waals surface area contributed by atoms with Gasteiger partial charge in [-0.05, 0) is 19.3 Å². The second kappa shape index (κ2) is 6.14. The van der Waals surface area contributed by atoms with Gasteiger partial charge in [-0.3, -0.25) is 0 Å². The predicted octanol–water partition coefficient (Wildman–Crippen LogP) is 3.94. The third kappa shape index (κ3) is 3.51. The molecule has 0 bridgehead atoms. The van der Waals surface area contributed by atoms with E-state index in [0.717, 1.165) is 31.8 Å². The Morgan fingerprint density at radius 1 is 1.13 bits per heavy atom. The highest BCUT2D eigenvalue weighted by Crippen LogP contribution is 2.27. The molecule has 0 atom stereocenters. The summed E-state index contributed by atoms with van der Waals surface area (Å²) in [5, 5.41) is 0. The maximum atomic E-state index is 5.68. The molecule has 0 unspecified atom stereocenters. The summed E-state index contributed by atoms with van der Waals surface area (Å²) in [5.74, 6) is 1.01.